The number of nitrogens with one attached hydrogen (secondary N) is 1. The molecule has 0 spiro atoms. The first kappa shape index (κ1) is 26.9. The number of rotatable bonds is 8. The topological polar surface area (TPSA) is 95.9 Å². The van der Waals surface area contributed by atoms with Crippen molar-refractivity contribution in [2.45, 2.75) is 31.3 Å². The number of benzene rings is 3. The lowest BCUT2D eigenvalue weighted by Gasteiger charge is -2.26. The van der Waals surface area contributed by atoms with Crippen LogP contribution < -0.4 is 9.62 Å². The molecule has 2 N–H and O–H groups in total. The van der Waals surface area contributed by atoms with Crippen LogP contribution in [-0.4, -0.2) is 46.5 Å². The van der Waals surface area contributed by atoms with Crippen LogP contribution >= 0.6 is 23.2 Å². The second-order valence-electron chi connectivity index (χ2n) is 8.70. The van der Waals surface area contributed by atoms with Crippen LogP contribution in [0.4, 0.5) is 5.69 Å². The maximum atomic E-state index is 13.6. The molecule has 0 bridgehead atoms. The molecule has 0 fully saturated rings. The van der Waals surface area contributed by atoms with E-state index in [0.717, 1.165) is 10.8 Å². The molecule has 0 aromatic heterocycles. The SMILES string of the molecule is CC(C)(C)OC(=O)CN(c1ccc2cc(C(=O)NCCO)ccc2c1)S(=O)c1cc(Cl)cc(Cl)c1. The summed E-state index contributed by atoms with van der Waals surface area (Å²) in [6, 6.07) is 15.0. The smallest absolute Gasteiger partial charge is 0.327 e. The lowest BCUT2D eigenvalue weighted by Crippen LogP contribution is -2.36. The Hall–Kier alpha value is -2.65. The molecular formula is C25H26Cl2N2O5S. The van der Waals surface area contributed by atoms with Crippen molar-refractivity contribution in [2.75, 3.05) is 24.0 Å². The number of ether oxygens (including phenoxy) is 1. The minimum Gasteiger partial charge on any atom is -0.459 e. The number of anilines is 1. The molecule has 1 atom stereocenters. The largest absolute Gasteiger partial charge is 0.459 e. The number of esters is 1. The highest BCUT2D eigenvalue weighted by Crippen LogP contribution is 2.29. The third-order valence-electron chi connectivity index (χ3n) is 4.70. The molecule has 7 nitrogen and oxygen atoms in total. The second-order valence-corrected chi connectivity index (χ2v) is 11.0. The Morgan fingerprint density at radius 1 is 1.00 bits per heavy atom. The van der Waals surface area contributed by atoms with Crippen molar-refractivity contribution in [3.8, 4) is 0 Å². The van der Waals surface area contributed by atoms with E-state index in [2.05, 4.69) is 5.32 Å². The van der Waals surface area contributed by atoms with Gasteiger partial charge in [0.05, 0.1) is 17.2 Å². The zero-order valence-corrected chi connectivity index (χ0v) is 21.8. The monoisotopic (exact) mass is 536 g/mol. The Morgan fingerprint density at radius 3 is 2.26 bits per heavy atom. The molecule has 186 valence electrons. The van der Waals surface area contributed by atoms with Gasteiger partial charge in [-0.25, -0.2) is 4.21 Å². The van der Waals surface area contributed by atoms with Gasteiger partial charge in [0.15, 0.2) is 11.0 Å². The van der Waals surface area contributed by atoms with Crippen LogP contribution in [0.3, 0.4) is 0 Å². The Labute approximate surface area is 216 Å². The summed E-state index contributed by atoms with van der Waals surface area (Å²) >= 11 is 12.2. The van der Waals surface area contributed by atoms with Gasteiger partial charge in [-0.05, 0) is 74.0 Å². The van der Waals surface area contributed by atoms with Gasteiger partial charge in [-0.15, -0.1) is 0 Å². The molecule has 0 radical (unpaired) electrons. The summed E-state index contributed by atoms with van der Waals surface area (Å²) in [5, 5.41) is 13.7. The summed E-state index contributed by atoms with van der Waals surface area (Å²) in [4.78, 5) is 25.2. The Balaban J connectivity index is 1.99. The number of fused-ring (bicyclic) bond motifs is 1. The molecule has 0 aliphatic heterocycles. The number of hydrogen-bond donors (Lipinski definition) is 2. The highest BCUT2D eigenvalue weighted by Gasteiger charge is 2.24. The van der Waals surface area contributed by atoms with Gasteiger partial charge in [-0.2, -0.15) is 0 Å². The molecule has 0 aliphatic rings. The standard InChI is InChI=1S/C25H26Cl2N2O5S/c1-25(2,3)34-23(31)15-29(35(33)22-13-19(26)12-20(27)14-22)21-7-6-16-10-18(5-4-17(16)11-21)24(32)28-8-9-30/h4-7,10-14,30H,8-9,15H2,1-3H3,(H,28,32). The first-order valence-corrected chi connectivity index (χ1v) is 12.6. The van der Waals surface area contributed by atoms with E-state index in [1.807, 2.05) is 0 Å². The number of carbonyl (C=O) groups is 2. The summed E-state index contributed by atoms with van der Waals surface area (Å²) in [6.45, 7) is 5.01. The number of aliphatic hydroxyl groups excluding tert-OH is 1. The highest BCUT2D eigenvalue weighted by molar-refractivity contribution is 7.86. The first-order valence-electron chi connectivity index (χ1n) is 10.8. The fourth-order valence-electron chi connectivity index (χ4n) is 3.29. The van der Waals surface area contributed by atoms with Crippen molar-refractivity contribution in [3.05, 3.63) is 70.2 Å². The van der Waals surface area contributed by atoms with Crippen LogP contribution in [0.25, 0.3) is 10.8 Å². The van der Waals surface area contributed by atoms with Gasteiger partial charge in [-0.3, -0.25) is 13.9 Å². The highest BCUT2D eigenvalue weighted by atomic mass is 35.5. The van der Waals surface area contributed by atoms with Crippen molar-refractivity contribution < 1.29 is 23.6 Å². The van der Waals surface area contributed by atoms with Crippen LogP contribution in [-0.2, 0) is 20.5 Å². The van der Waals surface area contributed by atoms with Crippen molar-refractivity contribution in [2.24, 2.45) is 0 Å². The predicted octanol–water partition coefficient (Wildman–Crippen LogP) is 4.74. The van der Waals surface area contributed by atoms with E-state index in [0.29, 0.717) is 26.2 Å². The molecule has 3 rings (SSSR count). The number of aliphatic hydroxyl groups is 1. The summed E-state index contributed by atoms with van der Waals surface area (Å²) in [5.41, 5.74) is 0.247. The molecule has 0 saturated heterocycles. The van der Waals surface area contributed by atoms with E-state index in [9.17, 15) is 13.8 Å². The van der Waals surface area contributed by atoms with Crippen LogP contribution in [0.1, 0.15) is 31.1 Å². The molecule has 3 aromatic carbocycles. The second kappa shape index (κ2) is 11.4. The van der Waals surface area contributed by atoms with Gasteiger partial charge >= 0.3 is 5.97 Å². The normalized spacial score (nSPS) is 12.3. The number of amides is 1. The zero-order valence-electron chi connectivity index (χ0n) is 19.5. The Bertz CT molecular complexity index is 1260. The number of carbonyl (C=O) groups excluding carboxylic acids is 2. The minimum atomic E-state index is -1.82. The molecule has 0 heterocycles. The van der Waals surface area contributed by atoms with Gasteiger partial charge in [0.25, 0.3) is 5.91 Å². The first-order chi connectivity index (χ1) is 16.5. The molecule has 3 aromatic rings. The molecule has 0 saturated carbocycles. The van der Waals surface area contributed by atoms with E-state index in [4.69, 9.17) is 33.0 Å². The van der Waals surface area contributed by atoms with Crippen LogP contribution in [0, 0.1) is 0 Å². The van der Waals surface area contributed by atoms with E-state index >= 15 is 0 Å². The lowest BCUT2D eigenvalue weighted by atomic mass is 10.1. The molecule has 35 heavy (non-hydrogen) atoms. The van der Waals surface area contributed by atoms with Crippen molar-refractivity contribution in [3.63, 3.8) is 0 Å². The van der Waals surface area contributed by atoms with Gasteiger partial charge in [-0.1, -0.05) is 35.3 Å². The fourth-order valence-corrected chi connectivity index (χ4v) is 5.19. The molecule has 1 amide bonds. The van der Waals surface area contributed by atoms with Crippen LogP contribution in [0.15, 0.2) is 59.5 Å². The molecule has 1 unspecified atom stereocenters. The fraction of sp³-hybridized carbons (Fsp3) is 0.280. The summed E-state index contributed by atoms with van der Waals surface area (Å²) in [7, 11) is -1.82. The average Bonchev–Trinajstić information content (AvgIpc) is 2.78. The maximum Gasteiger partial charge on any atom is 0.327 e. The van der Waals surface area contributed by atoms with E-state index in [1.165, 1.54) is 22.5 Å². The number of nitrogens with zero attached hydrogens (tertiary/aromatic N) is 1. The quantitative estimate of drug-likeness (QED) is 0.405. The third-order valence-corrected chi connectivity index (χ3v) is 6.52. The van der Waals surface area contributed by atoms with Crippen LogP contribution in [0.5, 0.6) is 0 Å². The van der Waals surface area contributed by atoms with Gasteiger partial charge in [0.1, 0.15) is 12.1 Å². The van der Waals surface area contributed by atoms with Crippen molar-refractivity contribution >= 4 is 62.5 Å². The summed E-state index contributed by atoms with van der Waals surface area (Å²) in [6.07, 6.45) is 0. The molecule has 10 heteroatoms. The zero-order chi connectivity index (χ0) is 25.8. The van der Waals surface area contributed by atoms with Crippen molar-refractivity contribution in [1.29, 1.82) is 0 Å². The van der Waals surface area contributed by atoms with E-state index < -0.39 is 22.6 Å². The molecular weight excluding hydrogens is 511 g/mol. The van der Waals surface area contributed by atoms with Gasteiger partial charge < -0.3 is 15.2 Å². The summed E-state index contributed by atoms with van der Waals surface area (Å²) in [5.74, 6) is -0.842. The Morgan fingerprint density at radius 2 is 1.63 bits per heavy atom. The minimum absolute atomic E-state index is 0.148. The maximum absolute atomic E-state index is 13.6. The predicted molar refractivity (Wildman–Crippen MR) is 139 cm³/mol. The van der Waals surface area contributed by atoms with E-state index in [-0.39, 0.29) is 25.6 Å². The van der Waals surface area contributed by atoms with E-state index in [1.54, 1.807) is 57.2 Å². The van der Waals surface area contributed by atoms with Crippen LogP contribution in [0.2, 0.25) is 10.0 Å². The van der Waals surface area contributed by atoms with Crippen molar-refractivity contribution in [1.82, 2.24) is 5.32 Å². The lowest BCUT2D eigenvalue weighted by molar-refractivity contribution is -0.152. The average molecular weight is 537 g/mol. The molecule has 0 aliphatic carbocycles. The third kappa shape index (κ3) is 7.41. The number of halogens is 2. The number of hydrogen-bond acceptors (Lipinski definition) is 5. The van der Waals surface area contributed by atoms with Gasteiger partial charge in [0, 0.05) is 22.2 Å². The summed E-state index contributed by atoms with van der Waals surface area (Å²) < 4.78 is 20.4. The van der Waals surface area contributed by atoms with Gasteiger partial charge in [0.2, 0.25) is 0 Å². The Kier molecular flexibility index (Phi) is 8.77.